The van der Waals surface area contributed by atoms with E-state index in [1.807, 2.05) is 6.07 Å². The molecule has 3 rings (SSSR count). The third kappa shape index (κ3) is 4.95. The first-order chi connectivity index (χ1) is 12.2. The van der Waals surface area contributed by atoms with Crippen LogP contribution in [0.1, 0.15) is 44.6 Å². The molecule has 0 nitrogen and oxygen atoms in total. The van der Waals surface area contributed by atoms with Crippen LogP contribution in [-0.4, -0.2) is 0 Å². The van der Waals surface area contributed by atoms with Crippen molar-refractivity contribution in [3.8, 4) is 11.1 Å². The second-order valence-electron chi connectivity index (χ2n) is 7.17. The van der Waals surface area contributed by atoms with Crippen LogP contribution in [0.15, 0.2) is 54.6 Å². The molecule has 2 aromatic carbocycles. The molecule has 0 spiro atoms. The average molecular weight is 357 g/mol. The van der Waals surface area contributed by atoms with E-state index >= 15 is 0 Å². The van der Waals surface area contributed by atoms with Crippen LogP contribution in [0, 0.1) is 17.7 Å². The molecule has 1 aliphatic rings. The first kappa shape index (κ1) is 18.2. The summed E-state index contributed by atoms with van der Waals surface area (Å²) in [5.41, 5.74) is 3.27. The molecule has 2 aromatic rings. The van der Waals surface area contributed by atoms with Gasteiger partial charge in [0.1, 0.15) is 5.82 Å². The van der Waals surface area contributed by atoms with Crippen LogP contribution in [0.4, 0.5) is 4.39 Å². The minimum Gasteiger partial charge on any atom is -0.205 e. The van der Waals surface area contributed by atoms with Crippen LogP contribution in [0.5, 0.6) is 0 Å². The molecule has 25 heavy (non-hydrogen) atoms. The Balaban J connectivity index is 1.54. The zero-order valence-electron chi connectivity index (χ0n) is 14.8. The largest absolute Gasteiger partial charge is 0.205 e. The van der Waals surface area contributed by atoms with Gasteiger partial charge in [-0.05, 0) is 86.1 Å². The molecule has 0 saturated heterocycles. The number of aryl methyl sites for hydroxylation is 1. The van der Waals surface area contributed by atoms with E-state index in [1.54, 1.807) is 6.07 Å². The van der Waals surface area contributed by atoms with E-state index in [4.69, 9.17) is 11.6 Å². The van der Waals surface area contributed by atoms with Gasteiger partial charge in [-0.25, -0.2) is 4.39 Å². The van der Waals surface area contributed by atoms with E-state index in [0.717, 1.165) is 29.4 Å². The summed E-state index contributed by atoms with van der Waals surface area (Å²) in [7, 11) is 0. The molecule has 0 amide bonds. The van der Waals surface area contributed by atoms with Gasteiger partial charge in [-0.3, -0.25) is 0 Å². The molecule has 132 valence electrons. The lowest BCUT2D eigenvalue weighted by Gasteiger charge is -2.26. The summed E-state index contributed by atoms with van der Waals surface area (Å²) in [6.45, 7) is 2.12. The Morgan fingerprint density at radius 1 is 1.00 bits per heavy atom. The summed E-state index contributed by atoms with van der Waals surface area (Å²) >= 11 is 5.76. The molecule has 0 unspecified atom stereocenters. The van der Waals surface area contributed by atoms with Gasteiger partial charge in [-0.2, -0.15) is 0 Å². The van der Waals surface area contributed by atoms with E-state index in [2.05, 4.69) is 43.3 Å². The molecular weight excluding hydrogens is 331 g/mol. The Morgan fingerprint density at radius 3 is 2.32 bits per heavy atom. The van der Waals surface area contributed by atoms with Gasteiger partial charge in [0.15, 0.2) is 0 Å². The van der Waals surface area contributed by atoms with Gasteiger partial charge < -0.3 is 0 Å². The lowest BCUT2D eigenvalue weighted by molar-refractivity contribution is 0.296. The summed E-state index contributed by atoms with van der Waals surface area (Å²) < 4.78 is 13.6. The number of allylic oxidation sites excluding steroid dienone is 2. The standard InChI is InChI=1S/C23H26ClF/c1-2-3-17-4-6-18(7-5-17)8-9-19-10-12-20(13-11-19)21-14-15-22(24)23(25)16-21/h2-3,10-18H,4-9H2,1H3/t17-,18-. The van der Waals surface area contributed by atoms with Crippen molar-refractivity contribution in [3.05, 3.63) is 71.0 Å². The summed E-state index contributed by atoms with van der Waals surface area (Å²) in [4.78, 5) is 0. The highest BCUT2D eigenvalue weighted by molar-refractivity contribution is 6.30. The number of benzene rings is 2. The summed E-state index contributed by atoms with van der Waals surface area (Å²) in [6, 6.07) is 13.5. The van der Waals surface area contributed by atoms with E-state index < -0.39 is 0 Å². The lowest BCUT2D eigenvalue weighted by atomic mass is 9.79. The second kappa shape index (κ2) is 8.67. The van der Waals surface area contributed by atoms with Crippen molar-refractivity contribution in [2.75, 3.05) is 0 Å². The molecule has 0 N–H and O–H groups in total. The molecule has 0 bridgehead atoms. The highest BCUT2D eigenvalue weighted by atomic mass is 35.5. The van der Waals surface area contributed by atoms with Crippen molar-refractivity contribution in [1.82, 2.24) is 0 Å². The van der Waals surface area contributed by atoms with Gasteiger partial charge >= 0.3 is 0 Å². The van der Waals surface area contributed by atoms with Crippen LogP contribution in [0.3, 0.4) is 0 Å². The Kier molecular flexibility index (Phi) is 6.31. The first-order valence-electron chi connectivity index (χ1n) is 9.33. The highest BCUT2D eigenvalue weighted by Gasteiger charge is 2.19. The first-order valence-corrected chi connectivity index (χ1v) is 9.70. The lowest BCUT2D eigenvalue weighted by Crippen LogP contribution is -2.13. The van der Waals surface area contributed by atoms with Crippen molar-refractivity contribution < 1.29 is 4.39 Å². The summed E-state index contributed by atoms with van der Waals surface area (Å²) in [6.07, 6.45) is 12.4. The molecule has 0 aliphatic heterocycles. The van der Waals surface area contributed by atoms with Crippen molar-refractivity contribution in [1.29, 1.82) is 0 Å². The number of halogens is 2. The van der Waals surface area contributed by atoms with Gasteiger partial charge in [0, 0.05) is 0 Å². The fourth-order valence-corrected chi connectivity index (χ4v) is 3.97. The summed E-state index contributed by atoms with van der Waals surface area (Å²) in [5, 5.41) is 0.171. The highest BCUT2D eigenvalue weighted by Crippen LogP contribution is 2.32. The van der Waals surface area contributed by atoms with Crippen molar-refractivity contribution in [2.24, 2.45) is 11.8 Å². The Morgan fingerprint density at radius 2 is 1.68 bits per heavy atom. The summed E-state index contributed by atoms with van der Waals surface area (Å²) in [5.74, 6) is 1.31. The van der Waals surface area contributed by atoms with Crippen molar-refractivity contribution in [2.45, 2.75) is 45.4 Å². The van der Waals surface area contributed by atoms with E-state index in [9.17, 15) is 4.39 Å². The van der Waals surface area contributed by atoms with E-state index in [0.29, 0.717) is 0 Å². The predicted molar refractivity (Wildman–Crippen MR) is 105 cm³/mol. The van der Waals surface area contributed by atoms with E-state index in [-0.39, 0.29) is 10.8 Å². The van der Waals surface area contributed by atoms with Gasteiger partial charge in [0.05, 0.1) is 5.02 Å². The molecule has 2 heteroatoms. The minimum atomic E-state index is -0.364. The molecule has 0 radical (unpaired) electrons. The van der Waals surface area contributed by atoms with Gasteiger partial charge in [0.25, 0.3) is 0 Å². The predicted octanol–water partition coefficient (Wildman–Crippen LogP) is 7.46. The molecule has 0 heterocycles. The molecular formula is C23H26ClF. The third-order valence-electron chi connectivity index (χ3n) is 5.40. The second-order valence-corrected chi connectivity index (χ2v) is 7.58. The van der Waals surface area contributed by atoms with Crippen LogP contribution < -0.4 is 0 Å². The molecule has 1 saturated carbocycles. The fourth-order valence-electron chi connectivity index (χ4n) is 3.85. The monoisotopic (exact) mass is 356 g/mol. The topological polar surface area (TPSA) is 0 Å². The normalized spacial score (nSPS) is 20.9. The molecule has 0 atom stereocenters. The average Bonchev–Trinajstić information content (AvgIpc) is 2.64. The minimum absolute atomic E-state index is 0.171. The smallest absolute Gasteiger partial charge is 0.142 e. The number of hydrogen-bond donors (Lipinski definition) is 0. The number of hydrogen-bond acceptors (Lipinski definition) is 0. The zero-order chi connectivity index (χ0) is 17.6. The maximum Gasteiger partial charge on any atom is 0.142 e. The Hall–Kier alpha value is -1.60. The Bertz CT molecular complexity index is 709. The fraction of sp³-hybridized carbons (Fsp3) is 0.391. The number of rotatable bonds is 5. The van der Waals surface area contributed by atoms with E-state index in [1.165, 1.54) is 43.7 Å². The third-order valence-corrected chi connectivity index (χ3v) is 5.71. The van der Waals surface area contributed by atoms with Crippen LogP contribution in [0.2, 0.25) is 5.02 Å². The van der Waals surface area contributed by atoms with Crippen molar-refractivity contribution >= 4 is 11.6 Å². The van der Waals surface area contributed by atoms with Crippen molar-refractivity contribution in [3.63, 3.8) is 0 Å². The van der Waals surface area contributed by atoms with Gasteiger partial charge in [-0.15, -0.1) is 0 Å². The molecule has 1 fully saturated rings. The maximum absolute atomic E-state index is 13.6. The Labute approximate surface area is 155 Å². The van der Waals surface area contributed by atoms with Crippen LogP contribution in [-0.2, 0) is 6.42 Å². The quantitative estimate of drug-likeness (QED) is 0.487. The van der Waals surface area contributed by atoms with Gasteiger partial charge in [-0.1, -0.05) is 54.1 Å². The zero-order valence-corrected chi connectivity index (χ0v) is 15.6. The molecule has 0 aromatic heterocycles. The van der Waals surface area contributed by atoms with Gasteiger partial charge in [0.2, 0.25) is 0 Å². The SMILES string of the molecule is CC=C[C@H]1CC[C@H](CCc2ccc(-c3ccc(Cl)c(F)c3)cc2)CC1. The van der Waals surface area contributed by atoms with Crippen LogP contribution >= 0.6 is 11.6 Å². The van der Waals surface area contributed by atoms with Crippen LogP contribution in [0.25, 0.3) is 11.1 Å². The molecule has 1 aliphatic carbocycles. The maximum atomic E-state index is 13.6.